The number of aromatic amines is 1. The molecule has 0 aliphatic carbocycles. The minimum Gasteiger partial charge on any atom is -0.367 e. The molecule has 2 N–H and O–H groups in total. The van der Waals surface area contributed by atoms with Crippen LogP contribution < -0.4 is 5.32 Å². The van der Waals surface area contributed by atoms with Gasteiger partial charge in [0.05, 0.1) is 17.1 Å². The van der Waals surface area contributed by atoms with Crippen molar-refractivity contribution < 1.29 is 4.79 Å². The summed E-state index contributed by atoms with van der Waals surface area (Å²) in [7, 11) is 0. The molecule has 0 fully saturated rings. The highest BCUT2D eigenvalue weighted by atomic mass is 32.1. The summed E-state index contributed by atoms with van der Waals surface area (Å²) in [6, 6.07) is 1.94. The topological polar surface area (TPSA) is 57.8 Å². The second-order valence-electron chi connectivity index (χ2n) is 3.53. The molecule has 0 aliphatic heterocycles. The number of nitrogens with zero attached hydrogens (tertiary/aromatic N) is 1. The third-order valence-electron chi connectivity index (χ3n) is 2.16. The molecule has 84 valence electrons. The molecule has 0 spiro atoms. The maximum atomic E-state index is 11.6. The Morgan fingerprint density at radius 2 is 2.50 bits per heavy atom. The second-order valence-corrected chi connectivity index (χ2v) is 4.59. The van der Waals surface area contributed by atoms with E-state index in [1.165, 1.54) is 0 Å². The zero-order valence-corrected chi connectivity index (χ0v) is 9.80. The molecule has 0 bridgehead atoms. The van der Waals surface area contributed by atoms with Crippen LogP contribution in [0.4, 0.5) is 0 Å². The highest BCUT2D eigenvalue weighted by Gasteiger charge is 2.05. The van der Waals surface area contributed by atoms with E-state index in [2.05, 4.69) is 15.3 Å². The van der Waals surface area contributed by atoms with E-state index >= 15 is 0 Å². The van der Waals surface area contributed by atoms with Crippen LogP contribution in [0.1, 0.15) is 16.3 Å². The Hall–Kier alpha value is -1.62. The van der Waals surface area contributed by atoms with Crippen molar-refractivity contribution >= 4 is 17.2 Å². The van der Waals surface area contributed by atoms with Crippen molar-refractivity contribution in [2.24, 2.45) is 0 Å². The minimum atomic E-state index is 0.00602. The number of amides is 1. The fraction of sp³-hybridized carbons (Fsp3) is 0.273. The van der Waals surface area contributed by atoms with E-state index in [0.29, 0.717) is 13.0 Å². The van der Waals surface area contributed by atoms with Crippen LogP contribution in [0.25, 0.3) is 0 Å². The first-order valence-corrected chi connectivity index (χ1v) is 5.91. The molecule has 2 aromatic rings. The molecule has 0 unspecified atom stereocenters. The Balaban J connectivity index is 1.81. The van der Waals surface area contributed by atoms with E-state index in [4.69, 9.17) is 0 Å². The van der Waals surface area contributed by atoms with Crippen LogP contribution in [-0.4, -0.2) is 15.9 Å². The van der Waals surface area contributed by atoms with Gasteiger partial charge in [-0.2, -0.15) is 0 Å². The van der Waals surface area contributed by atoms with Gasteiger partial charge in [-0.3, -0.25) is 4.79 Å². The van der Waals surface area contributed by atoms with Crippen LogP contribution in [0.3, 0.4) is 0 Å². The lowest BCUT2D eigenvalue weighted by Gasteiger charge is -2.01. The molecule has 0 radical (unpaired) electrons. The Labute approximate surface area is 97.7 Å². The van der Waals surface area contributed by atoms with Crippen LogP contribution in [-0.2, 0) is 17.8 Å². The molecule has 4 nitrogen and oxygen atoms in total. The molecule has 2 heterocycles. The van der Waals surface area contributed by atoms with Crippen LogP contribution in [0, 0.1) is 6.92 Å². The smallest absolute Gasteiger partial charge is 0.226 e. The van der Waals surface area contributed by atoms with Gasteiger partial charge in [-0.05, 0) is 18.6 Å². The average Bonchev–Trinajstić information content (AvgIpc) is 2.87. The third-order valence-corrected chi connectivity index (χ3v) is 2.98. The van der Waals surface area contributed by atoms with E-state index in [9.17, 15) is 4.79 Å². The van der Waals surface area contributed by atoms with Crippen molar-refractivity contribution in [3.63, 3.8) is 0 Å². The maximum absolute atomic E-state index is 11.6. The summed E-state index contributed by atoms with van der Waals surface area (Å²) >= 11 is 1.57. The van der Waals surface area contributed by atoms with E-state index < -0.39 is 0 Å². The predicted octanol–water partition coefficient (Wildman–Crippen LogP) is 1.64. The molecule has 0 saturated heterocycles. The quantitative estimate of drug-likeness (QED) is 0.846. The van der Waals surface area contributed by atoms with Crippen LogP contribution >= 0.6 is 11.3 Å². The van der Waals surface area contributed by atoms with Crippen molar-refractivity contribution in [2.75, 3.05) is 0 Å². The number of carbonyl (C=O) groups excluding carboxylic acids is 1. The average molecular weight is 235 g/mol. The Bertz CT molecular complexity index is 461. The lowest BCUT2D eigenvalue weighted by Crippen LogP contribution is -2.24. The SMILES string of the molecule is Cc1nc(CC(=O)NCc2cc[nH]c2)cs1. The lowest BCUT2D eigenvalue weighted by atomic mass is 10.3. The van der Waals surface area contributed by atoms with Crippen molar-refractivity contribution in [2.45, 2.75) is 19.9 Å². The molecule has 16 heavy (non-hydrogen) atoms. The van der Waals surface area contributed by atoms with Gasteiger partial charge in [0.25, 0.3) is 0 Å². The summed E-state index contributed by atoms with van der Waals surface area (Å²) in [5, 5.41) is 5.76. The molecule has 0 aliphatic rings. The molecule has 0 aromatic carbocycles. The molecule has 2 aromatic heterocycles. The zero-order valence-electron chi connectivity index (χ0n) is 8.99. The van der Waals surface area contributed by atoms with Gasteiger partial charge in [-0.15, -0.1) is 11.3 Å². The second kappa shape index (κ2) is 4.94. The van der Waals surface area contributed by atoms with Gasteiger partial charge in [-0.1, -0.05) is 0 Å². The van der Waals surface area contributed by atoms with E-state index in [1.54, 1.807) is 11.3 Å². The molecule has 0 saturated carbocycles. The fourth-order valence-electron chi connectivity index (χ4n) is 1.39. The summed E-state index contributed by atoms with van der Waals surface area (Å²) in [6.07, 6.45) is 4.06. The summed E-state index contributed by atoms with van der Waals surface area (Å²) < 4.78 is 0. The van der Waals surface area contributed by atoms with Crippen molar-refractivity contribution in [1.29, 1.82) is 0 Å². The number of aromatic nitrogens is 2. The van der Waals surface area contributed by atoms with Gasteiger partial charge in [-0.25, -0.2) is 4.98 Å². The van der Waals surface area contributed by atoms with E-state index in [-0.39, 0.29) is 5.91 Å². The summed E-state index contributed by atoms with van der Waals surface area (Å²) in [4.78, 5) is 18.8. The lowest BCUT2D eigenvalue weighted by molar-refractivity contribution is -0.120. The number of thiazole rings is 1. The van der Waals surface area contributed by atoms with Gasteiger partial charge < -0.3 is 10.3 Å². The summed E-state index contributed by atoms with van der Waals surface area (Å²) in [5.74, 6) is 0.00602. The number of hydrogen-bond acceptors (Lipinski definition) is 3. The van der Waals surface area contributed by atoms with Crippen LogP contribution in [0.5, 0.6) is 0 Å². The Morgan fingerprint density at radius 3 is 3.12 bits per heavy atom. The van der Waals surface area contributed by atoms with Crippen LogP contribution in [0.2, 0.25) is 0 Å². The van der Waals surface area contributed by atoms with Gasteiger partial charge in [0.1, 0.15) is 0 Å². The largest absolute Gasteiger partial charge is 0.367 e. The first-order valence-electron chi connectivity index (χ1n) is 5.03. The van der Waals surface area contributed by atoms with Crippen molar-refractivity contribution in [3.8, 4) is 0 Å². The Kier molecular flexibility index (Phi) is 3.36. The first kappa shape index (κ1) is 10.9. The number of rotatable bonds is 4. The monoisotopic (exact) mass is 235 g/mol. The number of H-pyrrole nitrogens is 1. The normalized spacial score (nSPS) is 10.3. The predicted molar refractivity (Wildman–Crippen MR) is 63.2 cm³/mol. The third kappa shape index (κ3) is 2.93. The fourth-order valence-corrected chi connectivity index (χ4v) is 2.00. The molecule has 1 amide bonds. The summed E-state index contributed by atoms with van der Waals surface area (Å²) in [5.41, 5.74) is 1.91. The number of hydrogen-bond donors (Lipinski definition) is 2. The highest BCUT2D eigenvalue weighted by molar-refractivity contribution is 7.09. The van der Waals surface area contributed by atoms with Gasteiger partial charge >= 0.3 is 0 Å². The van der Waals surface area contributed by atoms with Crippen molar-refractivity contribution in [3.05, 3.63) is 40.1 Å². The zero-order chi connectivity index (χ0) is 11.4. The highest BCUT2D eigenvalue weighted by Crippen LogP contribution is 2.08. The Morgan fingerprint density at radius 1 is 1.62 bits per heavy atom. The van der Waals surface area contributed by atoms with Gasteiger partial charge in [0, 0.05) is 24.3 Å². The number of nitrogens with one attached hydrogen (secondary N) is 2. The maximum Gasteiger partial charge on any atom is 0.226 e. The standard InChI is InChI=1S/C11H13N3OS/c1-8-14-10(7-16-8)4-11(15)13-6-9-2-3-12-5-9/h2-3,5,7,12H,4,6H2,1H3,(H,13,15). The first-order chi connectivity index (χ1) is 7.74. The molecule has 5 heteroatoms. The molecule has 0 atom stereocenters. The van der Waals surface area contributed by atoms with Gasteiger partial charge in [0.15, 0.2) is 0 Å². The molecule has 2 rings (SSSR count). The van der Waals surface area contributed by atoms with Crippen molar-refractivity contribution in [1.82, 2.24) is 15.3 Å². The number of carbonyl (C=O) groups is 1. The molecular formula is C11H13N3OS. The number of aryl methyl sites for hydroxylation is 1. The summed E-state index contributed by atoms with van der Waals surface area (Å²) in [6.45, 7) is 2.50. The van der Waals surface area contributed by atoms with Crippen LogP contribution in [0.15, 0.2) is 23.8 Å². The van der Waals surface area contributed by atoms with Gasteiger partial charge in [0.2, 0.25) is 5.91 Å². The molecular weight excluding hydrogens is 222 g/mol. The van der Waals surface area contributed by atoms with E-state index in [1.807, 2.05) is 30.8 Å². The van der Waals surface area contributed by atoms with E-state index in [0.717, 1.165) is 16.3 Å². The minimum absolute atomic E-state index is 0.00602.